The van der Waals surface area contributed by atoms with Crippen molar-refractivity contribution in [3.05, 3.63) is 0 Å². The second-order valence-electron chi connectivity index (χ2n) is 0.834. The Balaban J connectivity index is 3.68. The average Bonchev–Trinajstić information content (AvgIpc) is 1.64. The third kappa shape index (κ3) is 4.48. The van der Waals surface area contributed by atoms with Crippen molar-refractivity contribution in [3.63, 3.8) is 0 Å². The van der Waals surface area contributed by atoms with Gasteiger partial charge < -0.3 is 0 Å². The van der Waals surface area contributed by atoms with Gasteiger partial charge in [-0.05, 0) is 18.2 Å². The lowest BCUT2D eigenvalue weighted by molar-refractivity contribution is -0.300. The molecule has 0 aromatic carbocycles. The van der Waals surface area contributed by atoms with Gasteiger partial charge in [0.15, 0.2) is 0 Å². The molecule has 2 atom stereocenters. The van der Waals surface area contributed by atoms with Crippen molar-refractivity contribution in [3.8, 4) is 0 Å². The van der Waals surface area contributed by atoms with E-state index in [1.165, 1.54) is 0 Å². The van der Waals surface area contributed by atoms with Crippen LogP contribution >= 0.6 is 17.4 Å². The second kappa shape index (κ2) is 3.90. The monoisotopic (exact) mass is 178 g/mol. The predicted octanol–water partition coefficient (Wildman–Crippen LogP) is 1.45. The molecule has 0 aliphatic rings. The molecule has 9 heavy (non-hydrogen) atoms. The van der Waals surface area contributed by atoms with Gasteiger partial charge in [-0.3, -0.25) is 0 Å². The van der Waals surface area contributed by atoms with Crippen LogP contribution in [-0.2, 0) is 18.2 Å². The van der Waals surface area contributed by atoms with Gasteiger partial charge in [-0.2, -0.15) is 0 Å². The Labute approximate surface area is 51.7 Å². The maximum absolute atomic E-state index is 11.6. The average molecular weight is 178 g/mol. The molecule has 0 amide bonds. The van der Waals surface area contributed by atoms with Crippen LogP contribution < -0.4 is 0 Å². The van der Waals surface area contributed by atoms with E-state index in [9.17, 15) is 17.9 Å². The van der Waals surface area contributed by atoms with Crippen molar-refractivity contribution < 1.29 is 27.0 Å². The maximum Gasteiger partial charge on any atom is 0.569 e. The zero-order valence-electron chi connectivity index (χ0n) is 3.89. The second-order valence-corrected chi connectivity index (χ2v) is 1.58. The highest BCUT2D eigenvalue weighted by atomic mass is 31.1. The summed E-state index contributed by atoms with van der Waals surface area (Å²) in [7, 11) is -3.28. The summed E-state index contributed by atoms with van der Waals surface area (Å²) in [5.74, 6) is 0. The molecule has 0 spiro atoms. The quantitative estimate of drug-likeness (QED) is 0.482. The molecule has 0 radical (unpaired) electrons. The number of rotatable bonds is 4. The maximum atomic E-state index is 11.6. The largest absolute Gasteiger partial charge is 0.569 e. The smallest absolute Gasteiger partial charge is 0.142 e. The van der Waals surface area contributed by atoms with Crippen LogP contribution in [0, 0.1) is 0 Å². The molecule has 8 heteroatoms. The van der Waals surface area contributed by atoms with E-state index < -0.39 is 23.7 Å². The van der Waals surface area contributed by atoms with Crippen LogP contribution in [0.1, 0.15) is 0 Å². The zero-order chi connectivity index (χ0) is 7.33. The fourth-order valence-electron chi connectivity index (χ4n) is 0.118. The van der Waals surface area contributed by atoms with E-state index in [4.69, 9.17) is 0 Å². The summed E-state index contributed by atoms with van der Waals surface area (Å²) in [4.78, 5) is 0. The van der Waals surface area contributed by atoms with Crippen molar-refractivity contribution in [2.75, 3.05) is 0 Å². The molecule has 0 heterocycles. The molecule has 0 N–H and O–H groups in total. The molecule has 0 bridgehead atoms. The fraction of sp³-hybridized carbons (Fsp3) is 1.00. The van der Waals surface area contributed by atoms with E-state index in [-0.39, 0.29) is 0 Å². The van der Waals surface area contributed by atoms with Crippen LogP contribution in [0.25, 0.3) is 0 Å². The molecule has 2 unspecified atom stereocenters. The minimum atomic E-state index is -4.00. The molecule has 0 aliphatic carbocycles. The summed E-state index contributed by atoms with van der Waals surface area (Å²) in [5, 5.41) is 0. The lowest BCUT2D eigenvalue weighted by Gasteiger charge is -1.93. The topological polar surface area (TPSA) is 52.6 Å². The van der Waals surface area contributed by atoms with E-state index in [0.717, 1.165) is 0 Å². The van der Waals surface area contributed by atoms with Crippen molar-refractivity contribution in [2.24, 2.45) is 0 Å². The third-order valence-corrected chi connectivity index (χ3v) is 0.963. The minimum absolute atomic E-state index is 1.64. The molecule has 0 fully saturated rings. The van der Waals surface area contributed by atoms with Crippen LogP contribution in [-0.4, -0.2) is 6.29 Å². The van der Waals surface area contributed by atoms with Crippen LogP contribution in [0.5, 0.6) is 0 Å². The van der Waals surface area contributed by atoms with Gasteiger partial charge in [0.2, 0.25) is 0 Å². The summed E-state index contributed by atoms with van der Waals surface area (Å²) in [6.07, 6.45) is -4.00. The molecule has 0 saturated carbocycles. The van der Waals surface area contributed by atoms with Crippen LogP contribution in [0.2, 0.25) is 0 Å². The molecule has 52 valence electrons. The SMILES string of the molecule is O=[PH+]OC(F)(F)O[PH+]=O. The van der Waals surface area contributed by atoms with E-state index in [0.29, 0.717) is 0 Å². The molecule has 0 aliphatic heterocycles. The van der Waals surface area contributed by atoms with Crippen LogP contribution in [0.15, 0.2) is 0 Å². The summed E-state index contributed by atoms with van der Waals surface area (Å²) in [6, 6.07) is 0. The Morgan fingerprint density at radius 1 is 1.11 bits per heavy atom. The Hall–Kier alpha value is -0.0200. The molecule has 0 aromatic heterocycles. The Morgan fingerprint density at radius 3 is 1.67 bits per heavy atom. The van der Waals surface area contributed by atoms with Gasteiger partial charge in [-0.15, -0.1) is 8.78 Å². The molecular weight excluding hydrogens is 176 g/mol. The number of hydrogen-bond donors (Lipinski definition) is 0. The summed E-state index contributed by atoms with van der Waals surface area (Å²) < 4.78 is 48.3. The standard InChI is InChI=1S/CH2F2O4P2/c2-1(3,6-8-4)7-9-5/h8-9H/q+2. The Morgan fingerprint density at radius 2 is 1.44 bits per heavy atom. The van der Waals surface area contributed by atoms with Gasteiger partial charge >= 0.3 is 23.7 Å². The van der Waals surface area contributed by atoms with Crippen LogP contribution in [0.4, 0.5) is 8.78 Å². The molecule has 0 saturated heterocycles. The first-order valence-corrected chi connectivity index (χ1v) is 3.24. The molecule has 0 aromatic rings. The van der Waals surface area contributed by atoms with Gasteiger partial charge in [-0.1, -0.05) is 0 Å². The number of halogens is 2. The lowest BCUT2D eigenvalue weighted by Crippen LogP contribution is -2.15. The summed E-state index contributed by atoms with van der Waals surface area (Å²) in [6.45, 7) is 0. The minimum Gasteiger partial charge on any atom is -0.142 e. The van der Waals surface area contributed by atoms with E-state index in [2.05, 4.69) is 9.05 Å². The lowest BCUT2D eigenvalue weighted by atomic mass is 11.3. The van der Waals surface area contributed by atoms with E-state index in [1.807, 2.05) is 0 Å². The fourth-order valence-corrected chi connectivity index (χ4v) is 0.479. The van der Waals surface area contributed by atoms with Crippen molar-refractivity contribution in [1.29, 1.82) is 0 Å². The normalized spacial score (nSPS) is 12.7. The number of hydrogen-bond acceptors (Lipinski definition) is 4. The third-order valence-electron chi connectivity index (χ3n) is 0.321. The zero-order valence-corrected chi connectivity index (χ0v) is 5.89. The van der Waals surface area contributed by atoms with Crippen molar-refractivity contribution >= 4 is 17.4 Å². The van der Waals surface area contributed by atoms with E-state index >= 15 is 0 Å². The first-order chi connectivity index (χ1) is 4.12. The number of alkyl halides is 2. The Kier molecular flexibility index (Phi) is 3.89. The van der Waals surface area contributed by atoms with Gasteiger partial charge in [0.05, 0.1) is 0 Å². The summed E-state index contributed by atoms with van der Waals surface area (Å²) >= 11 is 0. The van der Waals surface area contributed by atoms with Crippen molar-refractivity contribution in [2.45, 2.75) is 6.29 Å². The highest BCUT2D eigenvalue weighted by Gasteiger charge is 2.42. The van der Waals surface area contributed by atoms with Gasteiger partial charge in [-0.25, -0.2) is 0 Å². The predicted molar refractivity (Wildman–Crippen MR) is 25.1 cm³/mol. The van der Waals surface area contributed by atoms with Crippen LogP contribution in [0.3, 0.4) is 0 Å². The van der Waals surface area contributed by atoms with Crippen molar-refractivity contribution in [1.82, 2.24) is 0 Å². The first-order valence-electron chi connectivity index (χ1n) is 1.60. The molecule has 4 nitrogen and oxygen atoms in total. The highest BCUT2D eigenvalue weighted by Crippen LogP contribution is 2.25. The van der Waals surface area contributed by atoms with Gasteiger partial charge in [0.1, 0.15) is 0 Å². The molecular formula is CH2F2O4P2+2. The van der Waals surface area contributed by atoms with Gasteiger partial charge in [0, 0.05) is 0 Å². The first kappa shape index (κ1) is 8.98. The highest BCUT2D eigenvalue weighted by molar-refractivity contribution is 7.18. The summed E-state index contributed by atoms with van der Waals surface area (Å²) in [5.41, 5.74) is 0. The van der Waals surface area contributed by atoms with E-state index in [1.54, 1.807) is 0 Å². The Bertz CT molecular complexity index is 103. The molecule has 0 rings (SSSR count). The van der Waals surface area contributed by atoms with Gasteiger partial charge in [0.25, 0.3) is 0 Å².